The Balaban J connectivity index is 1.75. The highest BCUT2D eigenvalue weighted by atomic mass is 32.1. The number of aryl methyl sites for hydroxylation is 1. The highest BCUT2D eigenvalue weighted by Crippen LogP contribution is 2.15. The van der Waals surface area contributed by atoms with Crippen LogP contribution >= 0.6 is 12.2 Å². The van der Waals surface area contributed by atoms with Gasteiger partial charge in [-0.05, 0) is 49.0 Å². The average Bonchev–Trinajstić information content (AvgIpc) is 2.73. The van der Waals surface area contributed by atoms with Crippen molar-refractivity contribution in [3.8, 4) is 5.75 Å². The molecule has 0 unspecified atom stereocenters. The predicted octanol–water partition coefficient (Wildman–Crippen LogP) is 4.94. The maximum Gasteiger partial charge on any atom is 0.176 e. The molecule has 3 rings (SSSR count). The Hall–Kier alpha value is -3.18. The van der Waals surface area contributed by atoms with Gasteiger partial charge in [0.15, 0.2) is 5.11 Å². The number of rotatable bonds is 5. The Morgan fingerprint density at radius 1 is 0.929 bits per heavy atom. The third kappa shape index (κ3) is 5.66. The minimum Gasteiger partial charge on any atom is -0.497 e. The summed E-state index contributed by atoms with van der Waals surface area (Å²) < 4.78 is 5.18. The van der Waals surface area contributed by atoms with E-state index in [1.807, 2.05) is 54.6 Å². The highest BCUT2D eigenvalue weighted by molar-refractivity contribution is 7.80. The topological polar surface area (TPSA) is 45.6 Å². The number of nitrogens with one attached hydrogen (secondary N) is 2. The summed E-state index contributed by atoms with van der Waals surface area (Å²) in [5.74, 6) is 1.53. The van der Waals surface area contributed by atoms with Crippen LogP contribution in [0.1, 0.15) is 16.7 Å². The van der Waals surface area contributed by atoms with Crippen LogP contribution in [0, 0.1) is 6.92 Å². The third-order valence-electron chi connectivity index (χ3n) is 4.17. The van der Waals surface area contributed by atoms with Crippen molar-refractivity contribution >= 4 is 28.9 Å². The fourth-order valence-corrected chi connectivity index (χ4v) is 2.83. The molecule has 2 N–H and O–H groups in total. The summed E-state index contributed by atoms with van der Waals surface area (Å²) >= 11 is 5.50. The van der Waals surface area contributed by atoms with E-state index >= 15 is 0 Å². The van der Waals surface area contributed by atoms with Crippen molar-refractivity contribution in [1.29, 1.82) is 0 Å². The van der Waals surface area contributed by atoms with Crippen molar-refractivity contribution in [2.24, 2.45) is 4.99 Å². The first-order valence-electron chi connectivity index (χ1n) is 9.01. The molecular formula is C23H23N3OS. The van der Waals surface area contributed by atoms with Crippen LogP contribution in [0.3, 0.4) is 0 Å². The SMILES string of the molecule is COc1ccc(NC(=S)NC(=NCc2ccccc2)c2ccc(C)cc2)cc1. The van der Waals surface area contributed by atoms with Crippen LogP contribution in [0.15, 0.2) is 83.9 Å². The zero-order valence-corrected chi connectivity index (χ0v) is 16.8. The lowest BCUT2D eigenvalue weighted by molar-refractivity contribution is 0.415. The molecule has 4 nitrogen and oxygen atoms in total. The Morgan fingerprint density at radius 3 is 2.25 bits per heavy atom. The van der Waals surface area contributed by atoms with E-state index in [4.69, 9.17) is 21.9 Å². The van der Waals surface area contributed by atoms with Crippen LogP contribution in [0.2, 0.25) is 0 Å². The molecule has 0 radical (unpaired) electrons. The molecule has 0 saturated carbocycles. The van der Waals surface area contributed by atoms with Crippen molar-refractivity contribution in [2.45, 2.75) is 13.5 Å². The number of thiocarbonyl (C=S) groups is 1. The summed E-state index contributed by atoms with van der Waals surface area (Å²) in [6, 6.07) is 26.0. The van der Waals surface area contributed by atoms with Crippen LogP contribution in [-0.2, 0) is 6.54 Å². The van der Waals surface area contributed by atoms with Gasteiger partial charge in [0.25, 0.3) is 0 Å². The Kier molecular flexibility index (Phi) is 6.76. The molecule has 0 amide bonds. The lowest BCUT2D eigenvalue weighted by atomic mass is 10.1. The predicted molar refractivity (Wildman–Crippen MR) is 120 cm³/mol. The number of hydrogen-bond donors (Lipinski definition) is 2. The summed E-state index contributed by atoms with van der Waals surface area (Å²) in [5, 5.41) is 6.91. The summed E-state index contributed by atoms with van der Waals surface area (Å²) in [5.41, 5.74) is 4.21. The second-order valence-electron chi connectivity index (χ2n) is 6.32. The summed E-state index contributed by atoms with van der Waals surface area (Å²) in [6.07, 6.45) is 0. The molecule has 28 heavy (non-hydrogen) atoms. The molecule has 0 heterocycles. The number of aliphatic imine (C=N–C) groups is 1. The van der Waals surface area contributed by atoms with Gasteiger partial charge < -0.3 is 15.4 Å². The zero-order chi connectivity index (χ0) is 19.8. The standard InChI is InChI=1S/C23H23N3OS/c1-17-8-10-19(11-9-17)22(24-16-18-6-4-3-5-7-18)26-23(28)25-20-12-14-21(27-2)15-13-20/h3-15H,16H2,1-2H3,(H2,24,25,26,28). The maximum atomic E-state index is 5.50. The first-order chi connectivity index (χ1) is 13.6. The number of anilines is 1. The zero-order valence-electron chi connectivity index (χ0n) is 16.0. The normalized spacial score (nSPS) is 11.0. The van der Waals surface area contributed by atoms with E-state index in [1.54, 1.807) is 7.11 Å². The maximum absolute atomic E-state index is 5.50. The van der Waals surface area contributed by atoms with E-state index in [-0.39, 0.29) is 0 Å². The van der Waals surface area contributed by atoms with Crippen LogP contribution in [0.4, 0.5) is 5.69 Å². The lowest BCUT2D eigenvalue weighted by Gasteiger charge is -2.14. The minimum absolute atomic E-state index is 0.484. The number of hydrogen-bond acceptors (Lipinski definition) is 3. The van der Waals surface area contributed by atoms with Crippen LogP contribution in [0.25, 0.3) is 0 Å². The second-order valence-corrected chi connectivity index (χ2v) is 6.73. The van der Waals surface area contributed by atoms with Crippen molar-refractivity contribution in [1.82, 2.24) is 5.32 Å². The van der Waals surface area contributed by atoms with E-state index in [0.29, 0.717) is 11.7 Å². The largest absolute Gasteiger partial charge is 0.497 e. The van der Waals surface area contributed by atoms with Gasteiger partial charge in [-0.15, -0.1) is 0 Å². The van der Waals surface area contributed by atoms with Crippen LogP contribution in [-0.4, -0.2) is 18.1 Å². The molecule has 0 aromatic heterocycles. The van der Waals surface area contributed by atoms with Crippen molar-refractivity contribution in [2.75, 3.05) is 12.4 Å². The molecule has 0 fully saturated rings. The van der Waals surface area contributed by atoms with Gasteiger partial charge >= 0.3 is 0 Å². The number of methoxy groups -OCH3 is 1. The minimum atomic E-state index is 0.484. The second kappa shape index (κ2) is 9.67. The van der Waals surface area contributed by atoms with Gasteiger partial charge in [0.05, 0.1) is 13.7 Å². The Labute approximate surface area is 171 Å². The van der Waals surface area contributed by atoms with E-state index in [1.165, 1.54) is 5.56 Å². The van der Waals surface area contributed by atoms with Crippen molar-refractivity contribution < 1.29 is 4.74 Å². The number of ether oxygens (including phenoxy) is 1. The van der Waals surface area contributed by atoms with Gasteiger partial charge in [-0.2, -0.15) is 0 Å². The van der Waals surface area contributed by atoms with E-state index in [0.717, 1.165) is 28.4 Å². The van der Waals surface area contributed by atoms with Crippen LogP contribution < -0.4 is 15.4 Å². The molecule has 0 aliphatic heterocycles. The number of nitrogens with zero attached hydrogens (tertiary/aromatic N) is 1. The fourth-order valence-electron chi connectivity index (χ4n) is 2.61. The molecule has 3 aromatic carbocycles. The van der Waals surface area contributed by atoms with Gasteiger partial charge in [-0.3, -0.25) is 4.99 Å². The van der Waals surface area contributed by atoms with Gasteiger partial charge in [0, 0.05) is 11.3 Å². The smallest absolute Gasteiger partial charge is 0.176 e. The molecule has 0 aliphatic rings. The monoisotopic (exact) mass is 389 g/mol. The quantitative estimate of drug-likeness (QED) is 0.369. The van der Waals surface area contributed by atoms with Gasteiger partial charge in [-0.1, -0.05) is 60.2 Å². The lowest BCUT2D eigenvalue weighted by Crippen LogP contribution is -2.35. The first kappa shape index (κ1) is 19.6. The first-order valence-corrected chi connectivity index (χ1v) is 9.42. The molecule has 0 atom stereocenters. The Morgan fingerprint density at radius 2 is 1.61 bits per heavy atom. The highest BCUT2D eigenvalue weighted by Gasteiger charge is 2.07. The van der Waals surface area contributed by atoms with E-state index in [2.05, 4.69) is 41.8 Å². The van der Waals surface area contributed by atoms with Crippen LogP contribution in [0.5, 0.6) is 5.75 Å². The Bertz CT molecular complexity index is 936. The molecule has 3 aromatic rings. The van der Waals surface area contributed by atoms with Crippen molar-refractivity contribution in [3.05, 3.63) is 95.6 Å². The average molecular weight is 390 g/mol. The summed E-state index contributed by atoms with van der Waals surface area (Å²) in [4.78, 5) is 4.76. The molecule has 0 bridgehead atoms. The molecule has 0 saturated heterocycles. The summed E-state index contributed by atoms with van der Waals surface area (Å²) in [7, 11) is 1.64. The fraction of sp³-hybridized carbons (Fsp3) is 0.130. The van der Waals surface area contributed by atoms with Crippen molar-refractivity contribution in [3.63, 3.8) is 0 Å². The number of benzene rings is 3. The molecular weight excluding hydrogens is 366 g/mol. The molecule has 142 valence electrons. The third-order valence-corrected chi connectivity index (χ3v) is 4.37. The van der Waals surface area contributed by atoms with E-state index in [9.17, 15) is 0 Å². The van der Waals surface area contributed by atoms with Gasteiger partial charge in [-0.25, -0.2) is 0 Å². The number of amidine groups is 1. The molecule has 0 spiro atoms. The summed E-state index contributed by atoms with van der Waals surface area (Å²) in [6.45, 7) is 2.63. The molecule has 0 aliphatic carbocycles. The molecule has 5 heteroatoms. The van der Waals surface area contributed by atoms with Gasteiger partial charge in [0.1, 0.15) is 11.6 Å². The van der Waals surface area contributed by atoms with Gasteiger partial charge in [0.2, 0.25) is 0 Å². The van der Waals surface area contributed by atoms with E-state index < -0.39 is 0 Å².